The molecule has 26 heavy (non-hydrogen) atoms. The number of rotatable bonds is 5. The molecule has 1 heterocycles. The Labute approximate surface area is 154 Å². The smallest absolute Gasteiger partial charge is 0.254 e. The van der Waals surface area contributed by atoms with Crippen molar-refractivity contribution in [3.8, 4) is 0 Å². The fourth-order valence-electron chi connectivity index (χ4n) is 3.71. The Morgan fingerprint density at radius 3 is 2.54 bits per heavy atom. The molecule has 0 aromatic heterocycles. The van der Waals surface area contributed by atoms with Crippen molar-refractivity contribution in [2.24, 2.45) is 0 Å². The highest BCUT2D eigenvalue weighted by Crippen LogP contribution is 2.27. The first-order chi connectivity index (χ1) is 12.4. The van der Waals surface area contributed by atoms with Crippen LogP contribution in [0, 0.1) is 5.82 Å². The summed E-state index contributed by atoms with van der Waals surface area (Å²) in [7, 11) is -3.99. The van der Waals surface area contributed by atoms with E-state index in [2.05, 4.69) is 0 Å². The molecule has 1 aromatic rings. The Morgan fingerprint density at radius 2 is 1.92 bits per heavy atom. The van der Waals surface area contributed by atoms with Crippen LogP contribution in [-0.4, -0.2) is 62.4 Å². The average Bonchev–Trinajstić information content (AvgIpc) is 3.17. The van der Waals surface area contributed by atoms with E-state index in [0.717, 1.165) is 31.7 Å². The van der Waals surface area contributed by atoms with Gasteiger partial charge in [0.25, 0.3) is 5.91 Å². The molecule has 0 radical (unpaired) electrons. The normalized spacial score (nSPS) is 19.6. The number of morpholine rings is 1. The highest BCUT2D eigenvalue weighted by Gasteiger charge is 2.31. The number of hydrogen-bond donors (Lipinski definition) is 0. The monoisotopic (exact) mass is 384 g/mol. The first-order valence-corrected chi connectivity index (χ1v) is 10.6. The number of carbonyl (C=O) groups excluding carboxylic acids is 1. The molecule has 1 saturated carbocycles. The van der Waals surface area contributed by atoms with E-state index in [-0.39, 0.29) is 43.8 Å². The fourth-order valence-corrected chi connectivity index (χ4v) is 5.21. The molecule has 0 atom stereocenters. The maximum absolute atomic E-state index is 14.3. The third-order valence-electron chi connectivity index (χ3n) is 5.13. The second-order valence-electron chi connectivity index (χ2n) is 6.69. The molecule has 144 valence electrons. The van der Waals surface area contributed by atoms with Crippen molar-refractivity contribution in [2.75, 3.05) is 32.8 Å². The molecular formula is C18H25FN2O4S. The summed E-state index contributed by atoms with van der Waals surface area (Å²) in [4.78, 5) is 14.2. The minimum absolute atomic E-state index is 0.178. The van der Waals surface area contributed by atoms with Crippen molar-refractivity contribution in [1.82, 2.24) is 9.21 Å². The van der Waals surface area contributed by atoms with Crippen LogP contribution in [0.1, 0.15) is 43.0 Å². The van der Waals surface area contributed by atoms with Gasteiger partial charge in [-0.05, 0) is 38.0 Å². The molecule has 6 nitrogen and oxygen atoms in total. The van der Waals surface area contributed by atoms with E-state index < -0.39 is 20.7 Å². The van der Waals surface area contributed by atoms with Gasteiger partial charge in [-0.15, -0.1) is 0 Å². The van der Waals surface area contributed by atoms with Crippen molar-refractivity contribution in [1.29, 1.82) is 0 Å². The summed E-state index contributed by atoms with van der Waals surface area (Å²) in [5.74, 6) is -1.07. The van der Waals surface area contributed by atoms with E-state index in [9.17, 15) is 17.6 Å². The minimum atomic E-state index is -3.99. The Morgan fingerprint density at radius 1 is 1.27 bits per heavy atom. The molecule has 0 unspecified atom stereocenters. The summed E-state index contributed by atoms with van der Waals surface area (Å²) in [5, 5.41) is 0. The largest absolute Gasteiger partial charge is 0.379 e. The zero-order chi connectivity index (χ0) is 18.7. The SMILES string of the molecule is CCN(C(=O)c1ccc(F)c(S(=O)(=O)N2CCOCC2)c1)C1CCCC1. The number of sulfonamides is 1. The average molecular weight is 384 g/mol. The van der Waals surface area contributed by atoms with Gasteiger partial charge in [0, 0.05) is 31.2 Å². The zero-order valence-electron chi connectivity index (χ0n) is 15.0. The zero-order valence-corrected chi connectivity index (χ0v) is 15.8. The Bertz CT molecular complexity index is 756. The van der Waals surface area contributed by atoms with Crippen molar-refractivity contribution in [3.63, 3.8) is 0 Å². The lowest BCUT2D eigenvalue weighted by Gasteiger charge is -2.28. The van der Waals surface area contributed by atoms with Gasteiger partial charge in [0.05, 0.1) is 13.2 Å². The molecule has 2 aliphatic rings. The van der Waals surface area contributed by atoms with E-state index in [1.807, 2.05) is 6.92 Å². The Balaban J connectivity index is 1.90. The topological polar surface area (TPSA) is 66.9 Å². The molecule has 0 bridgehead atoms. The number of carbonyl (C=O) groups is 1. The molecule has 0 spiro atoms. The standard InChI is InChI=1S/C18H25FN2O4S/c1-2-21(15-5-3-4-6-15)18(22)14-7-8-16(19)17(13-14)26(23,24)20-9-11-25-12-10-20/h7-8,13,15H,2-6,9-12H2,1H3. The number of halogens is 1. The molecular weight excluding hydrogens is 359 g/mol. The third-order valence-corrected chi connectivity index (χ3v) is 7.05. The fraction of sp³-hybridized carbons (Fsp3) is 0.611. The third kappa shape index (κ3) is 3.77. The second-order valence-corrected chi connectivity index (χ2v) is 8.60. The van der Waals surface area contributed by atoms with E-state index >= 15 is 0 Å². The van der Waals surface area contributed by atoms with Crippen LogP contribution in [0.25, 0.3) is 0 Å². The van der Waals surface area contributed by atoms with Gasteiger partial charge in [-0.25, -0.2) is 12.8 Å². The van der Waals surface area contributed by atoms with Crippen LogP contribution < -0.4 is 0 Å². The molecule has 1 aliphatic heterocycles. The first-order valence-electron chi connectivity index (χ1n) is 9.13. The van der Waals surface area contributed by atoms with Crippen LogP contribution in [0.5, 0.6) is 0 Å². The summed E-state index contributed by atoms with van der Waals surface area (Å²) in [5.41, 5.74) is 0.215. The predicted octanol–water partition coefficient (Wildman–Crippen LogP) is 2.25. The van der Waals surface area contributed by atoms with Gasteiger partial charge in [-0.3, -0.25) is 4.79 Å². The van der Waals surface area contributed by atoms with Crippen molar-refractivity contribution in [2.45, 2.75) is 43.5 Å². The lowest BCUT2D eigenvalue weighted by Crippen LogP contribution is -2.41. The number of nitrogens with zero attached hydrogens (tertiary/aromatic N) is 2. The van der Waals surface area contributed by atoms with Crippen molar-refractivity contribution >= 4 is 15.9 Å². The summed E-state index contributed by atoms with van der Waals surface area (Å²) in [6, 6.07) is 3.80. The number of benzene rings is 1. The summed E-state index contributed by atoms with van der Waals surface area (Å²) >= 11 is 0. The quantitative estimate of drug-likeness (QED) is 0.781. The lowest BCUT2D eigenvalue weighted by atomic mass is 10.1. The maximum atomic E-state index is 14.3. The van der Waals surface area contributed by atoms with Gasteiger partial charge in [-0.1, -0.05) is 12.8 Å². The van der Waals surface area contributed by atoms with Gasteiger partial charge >= 0.3 is 0 Å². The highest BCUT2D eigenvalue weighted by atomic mass is 32.2. The van der Waals surface area contributed by atoms with E-state index in [0.29, 0.717) is 6.54 Å². The molecule has 3 rings (SSSR count). The van der Waals surface area contributed by atoms with Crippen LogP contribution in [0.4, 0.5) is 4.39 Å². The van der Waals surface area contributed by atoms with Gasteiger partial charge in [0.15, 0.2) is 0 Å². The number of hydrogen-bond acceptors (Lipinski definition) is 4. The Hall–Kier alpha value is -1.51. The highest BCUT2D eigenvalue weighted by molar-refractivity contribution is 7.89. The number of amides is 1. The van der Waals surface area contributed by atoms with Crippen molar-refractivity contribution < 1.29 is 22.3 Å². The van der Waals surface area contributed by atoms with Gasteiger partial charge < -0.3 is 9.64 Å². The van der Waals surface area contributed by atoms with Crippen molar-refractivity contribution in [3.05, 3.63) is 29.6 Å². The minimum Gasteiger partial charge on any atom is -0.379 e. The molecule has 8 heteroatoms. The van der Waals surface area contributed by atoms with Crippen LogP contribution >= 0.6 is 0 Å². The van der Waals surface area contributed by atoms with Crippen LogP contribution in [-0.2, 0) is 14.8 Å². The second kappa shape index (κ2) is 8.02. The molecule has 1 aromatic carbocycles. The molecule has 1 aliphatic carbocycles. The first kappa shape index (κ1) is 19.3. The van der Waals surface area contributed by atoms with Gasteiger partial charge in [0.1, 0.15) is 10.7 Å². The molecule has 1 saturated heterocycles. The van der Waals surface area contributed by atoms with Crippen LogP contribution in [0.2, 0.25) is 0 Å². The predicted molar refractivity (Wildman–Crippen MR) is 94.9 cm³/mol. The van der Waals surface area contributed by atoms with Crippen LogP contribution in [0.15, 0.2) is 23.1 Å². The molecule has 2 fully saturated rings. The lowest BCUT2D eigenvalue weighted by molar-refractivity contribution is 0.0692. The van der Waals surface area contributed by atoms with Gasteiger partial charge in [0.2, 0.25) is 10.0 Å². The van der Waals surface area contributed by atoms with E-state index in [4.69, 9.17) is 4.74 Å². The molecule has 1 amide bonds. The maximum Gasteiger partial charge on any atom is 0.254 e. The van der Waals surface area contributed by atoms with E-state index in [1.165, 1.54) is 16.4 Å². The van der Waals surface area contributed by atoms with Gasteiger partial charge in [-0.2, -0.15) is 4.31 Å². The summed E-state index contributed by atoms with van der Waals surface area (Å²) in [6.07, 6.45) is 4.10. The Kier molecular flexibility index (Phi) is 5.94. The van der Waals surface area contributed by atoms with Crippen LogP contribution in [0.3, 0.4) is 0 Å². The molecule has 0 N–H and O–H groups in total. The summed E-state index contributed by atoms with van der Waals surface area (Å²) < 4.78 is 46.2. The van der Waals surface area contributed by atoms with E-state index in [1.54, 1.807) is 4.90 Å². The summed E-state index contributed by atoms with van der Waals surface area (Å²) in [6.45, 7) is 3.39. The number of ether oxygens (including phenoxy) is 1.